The minimum Gasteiger partial charge on any atom is -0.412 e. The van der Waals surface area contributed by atoms with Crippen LogP contribution >= 0.6 is 24.8 Å². The quantitative estimate of drug-likeness (QED) is 0.243. The highest BCUT2D eigenvalue weighted by molar-refractivity contribution is 5.87. The van der Waals surface area contributed by atoms with Gasteiger partial charge in [0.15, 0.2) is 5.78 Å². The topological polar surface area (TPSA) is 287 Å². The summed E-state index contributed by atoms with van der Waals surface area (Å²) in [5.41, 5.74) is 0. The zero-order valence-corrected chi connectivity index (χ0v) is 18.3. The molecule has 3 rings (SSSR count). The van der Waals surface area contributed by atoms with Gasteiger partial charge in [0.05, 0.1) is 24.3 Å². The van der Waals surface area contributed by atoms with E-state index in [0.29, 0.717) is 0 Å². The fraction of sp³-hybridized carbons (Fsp3) is 0.929. The van der Waals surface area contributed by atoms with E-state index in [-0.39, 0.29) is 58.6 Å². The molecule has 16 heteroatoms. The van der Waals surface area contributed by atoms with Crippen molar-refractivity contribution in [2.75, 3.05) is 14.1 Å². The van der Waals surface area contributed by atoms with E-state index in [1.165, 1.54) is 0 Å². The largest absolute Gasteiger partial charge is 0.412 e. The number of likely N-dealkylation sites (N-methyl/N-ethyl adjacent to an activating group) is 2. The Balaban J connectivity index is -0.000000298. The van der Waals surface area contributed by atoms with Gasteiger partial charge >= 0.3 is 0 Å². The number of aliphatic hydroxyl groups excluding tert-OH is 2. The molecule has 0 aromatic heterocycles. The summed E-state index contributed by atoms with van der Waals surface area (Å²) in [6.07, 6.45) is -5.58. The third kappa shape index (κ3) is 6.16. The summed E-state index contributed by atoms with van der Waals surface area (Å²) in [5, 5.41) is 37.2. The average Bonchev–Trinajstić information content (AvgIpc) is 2.49. The normalized spacial score (nSPS) is 41.1. The molecule has 1 aliphatic carbocycles. The number of hydrogen-bond acceptors (Lipinski definition) is 9. The zero-order chi connectivity index (χ0) is 16.9. The number of Topliss-reactive ketones (excluding diaryl/α,β-unsaturated/α-hetero) is 1. The van der Waals surface area contributed by atoms with Gasteiger partial charge in [-0.05, 0) is 21.0 Å². The lowest BCUT2D eigenvalue weighted by atomic mass is 9.80. The van der Waals surface area contributed by atoms with Crippen LogP contribution in [0.25, 0.3) is 0 Å². The molecule has 5 unspecified atom stereocenters. The van der Waals surface area contributed by atoms with Crippen LogP contribution in [0.4, 0.5) is 0 Å². The predicted molar refractivity (Wildman–Crippen MR) is 109 cm³/mol. The van der Waals surface area contributed by atoms with Crippen LogP contribution in [0.5, 0.6) is 0 Å². The minimum absolute atomic E-state index is 0. The number of ether oxygens (including phenoxy) is 3. The van der Waals surface area contributed by atoms with Crippen LogP contribution < -0.4 is 10.6 Å². The van der Waals surface area contributed by atoms with Gasteiger partial charge in [0.1, 0.15) is 18.3 Å². The molecule has 30 heavy (non-hydrogen) atoms. The molecule has 3 aliphatic rings. The van der Waals surface area contributed by atoms with Crippen molar-refractivity contribution in [1.82, 2.24) is 10.6 Å². The van der Waals surface area contributed by atoms with Gasteiger partial charge in [-0.15, -0.1) is 24.8 Å². The Kier molecular flexibility index (Phi) is 19.7. The Morgan fingerprint density at radius 1 is 0.900 bits per heavy atom. The number of aliphatic hydroxyl groups is 3. The van der Waals surface area contributed by atoms with E-state index in [1.807, 2.05) is 0 Å². The summed E-state index contributed by atoms with van der Waals surface area (Å²) in [5.74, 6) is -2.76. The van der Waals surface area contributed by atoms with E-state index in [9.17, 15) is 20.1 Å². The first kappa shape index (κ1) is 40.1. The smallest absolute Gasteiger partial charge is 0.280 e. The molecule has 9 atom stereocenters. The molecule has 188 valence electrons. The van der Waals surface area contributed by atoms with Gasteiger partial charge in [-0.3, -0.25) is 4.79 Å². The second-order valence-corrected chi connectivity index (χ2v) is 6.40. The first-order valence-corrected chi connectivity index (χ1v) is 7.78. The standard InChI is InChI=1S/C14H24N2O7.2ClH.5H2O/c1-5-4-6(17)14(20)13(21-5)22-12-10(19)7(15-2)9(18)8(16-3)11(12)23-14;;;;;;;/h5,7-13,15-16,18-20H,4H2,1-3H3;2*1H;5*1H2/t5?,7?,8?,9?,10?,11-,12-,13-,14-;;;;;;;/m0......./s1. The monoisotopic (exact) mass is 494 g/mol. The Hall–Kier alpha value is -0.270. The third-order valence-electron chi connectivity index (χ3n) is 4.93. The lowest BCUT2D eigenvalue weighted by Gasteiger charge is -2.55. The first-order chi connectivity index (χ1) is 10.8. The molecule has 3 fully saturated rings. The van der Waals surface area contributed by atoms with Crippen molar-refractivity contribution in [3.05, 3.63) is 0 Å². The van der Waals surface area contributed by atoms with Crippen molar-refractivity contribution in [2.45, 2.75) is 68.0 Å². The molecular weight excluding hydrogens is 459 g/mol. The van der Waals surface area contributed by atoms with Crippen molar-refractivity contribution >= 4 is 30.6 Å². The lowest BCUT2D eigenvalue weighted by Crippen LogP contribution is -2.77. The molecule has 2 aliphatic heterocycles. The lowest BCUT2D eigenvalue weighted by molar-refractivity contribution is -0.420. The number of carbonyl (C=O) groups is 1. The molecular formula is C14H36Cl2N2O12. The molecule has 0 bridgehead atoms. The predicted octanol–water partition coefficient (Wildman–Crippen LogP) is -6.21. The van der Waals surface area contributed by atoms with E-state index in [1.54, 1.807) is 21.0 Å². The number of hydrogen-bond donors (Lipinski definition) is 5. The maximum absolute atomic E-state index is 12.2. The number of fused-ring (bicyclic) bond motifs is 2. The number of rotatable bonds is 2. The van der Waals surface area contributed by atoms with E-state index >= 15 is 0 Å². The second-order valence-electron chi connectivity index (χ2n) is 6.40. The van der Waals surface area contributed by atoms with Crippen molar-refractivity contribution in [2.24, 2.45) is 0 Å². The fourth-order valence-electron chi connectivity index (χ4n) is 3.68. The van der Waals surface area contributed by atoms with Crippen LogP contribution in [-0.4, -0.2) is 117 Å². The Morgan fingerprint density at radius 3 is 1.87 bits per heavy atom. The second kappa shape index (κ2) is 14.7. The maximum Gasteiger partial charge on any atom is 0.280 e. The Labute approximate surface area is 185 Å². The molecule has 14 nitrogen and oxygen atoms in total. The van der Waals surface area contributed by atoms with Crippen molar-refractivity contribution < 1.29 is 61.7 Å². The fourth-order valence-corrected chi connectivity index (χ4v) is 3.68. The summed E-state index contributed by atoms with van der Waals surface area (Å²) in [6.45, 7) is 1.70. The maximum atomic E-state index is 12.2. The van der Waals surface area contributed by atoms with Gasteiger partial charge in [-0.25, -0.2) is 0 Å². The van der Waals surface area contributed by atoms with Crippen LogP contribution in [0.15, 0.2) is 0 Å². The van der Waals surface area contributed by atoms with Crippen LogP contribution in [0, 0.1) is 0 Å². The van der Waals surface area contributed by atoms with Crippen molar-refractivity contribution in [3.8, 4) is 0 Å². The van der Waals surface area contributed by atoms with Gasteiger partial charge in [0.2, 0.25) is 6.29 Å². The number of carbonyl (C=O) groups excluding carboxylic acids is 1. The van der Waals surface area contributed by atoms with Gasteiger partial charge in [-0.2, -0.15) is 0 Å². The summed E-state index contributed by atoms with van der Waals surface area (Å²) >= 11 is 0. The molecule has 1 saturated carbocycles. The van der Waals surface area contributed by atoms with E-state index < -0.39 is 60.5 Å². The highest BCUT2D eigenvalue weighted by atomic mass is 35.5. The Bertz CT molecular complexity index is 496. The molecule has 15 N–H and O–H groups in total. The van der Waals surface area contributed by atoms with Gasteiger partial charge < -0.3 is 67.5 Å². The summed E-state index contributed by atoms with van der Waals surface area (Å²) in [6, 6.07) is -1.29. The van der Waals surface area contributed by atoms with Crippen LogP contribution in [-0.2, 0) is 19.0 Å². The first-order valence-electron chi connectivity index (χ1n) is 7.78. The SMILES string of the molecule is CNC1C(O)C(NC)[C@@H]2O[C@@]3(O)C(=O)CC(C)O[C@H]3O[C@H]2C1O.Cl.Cl.O.O.O.O.O. The van der Waals surface area contributed by atoms with Crippen molar-refractivity contribution in [3.63, 3.8) is 0 Å². The zero-order valence-electron chi connectivity index (χ0n) is 16.6. The molecule has 2 heterocycles. The third-order valence-corrected chi connectivity index (χ3v) is 4.93. The van der Waals surface area contributed by atoms with Gasteiger partial charge in [0.25, 0.3) is 5.79 Å². The Morgan fingerprint density at radius 2 is 1.40 bits per heavy atom. The summed E-state index contributed by atoms with van der Waals surface area (Å²) in [4.78, 5) is 12.2. The number of nitrogens with one attached hydrogen (secondary N) is 2. The average molecular weight is 495 g/mol. The van der Waals surface area contributed by atoms with E-state index in [2.05, 4.69) is 10.6 Å². The number of halogens is 2. The van der Waals surface area contributed by atoms with E-state index in [4.69, 9.17) is 14.2 Å². The highest BCUT2D eigenvalue weighted by Gasteiger charge is 2.63. The number of ketones is 1. The van der Waals surface area contributed by atoms with Crippen LogP contribution in [0.1, 0.15) is 13.3 Å². The summed E-state index contributed by atoms with van der Waals surface area (Å²) < 4.78 is 16.8. The molecule has 0 spiro atoms. The molecule has 0 aromatic carbocycles. The molecule has 0 radical (unpaired) electrons. The summed E-state index contributed by atoms with van der Waals surface area (Å²) in [7, 11) is 3.24. The molecule has 0 amide bonds. The van der Waals surface area contributed by atoms with Gasteiger partial charge in [0, 0.05) is 6.42 Å². The van der Waals surface area contributed by atoms with E-state index in [0.717, 1.165) is 0 Å². The van der Waals surface area contributed by atoms with Crippen molar-refractivity contribution in [1.29, 1.82) is 0 Å². The van der Waals surface area contributed by atoms with Crippen LogP contribution in [0.3, 0.4) is 0 Å². The van der Waals surface area contributed by atoms with Crippen LogP contribution in [0.2, 0.25) is 0 Å². The molecule has 0 aromatic rings. The minimum atomic E-state index is -2.23. The van der Waals surface area contributed by atoms with Gasteiger partial charge in [-0.1, -0.05) is 0 Å². The molecule has 2 saturated heterocycles. The highest BCUT2D eigenvalue weighted by Crippen LogP contribution is 2.40.